The van der Waals surface area contributed by atoms with E-state index in [1.807, 2.05) is 6.07 Å². The third kappa shape index (κ3) is 4.42. The maximum atomic E-state index is 12.1. The van der Waals surface area contributed by atoms with Gasteiger partial charge in [-0.3, -0.25) is 4.79 Å². The van der Waals surface area contributed by atoms with Crippen LogP contribution < -0.4 is 10.6 Å². The Labute approximate surface area is 149 Å². The van der Waals surface area contributed by atoms with Crippen molar-refractivity contribution in [2.45, 2.75) is 6.92 Å². The molecule has 0 saturated carbocycles. The number of halogens is 2. The molecule has 0 saturated heterocycles. The van der Waals surface area contributed by atoms with Crippen LogP contribution in [-0.4, -0.2) is 11.0 Å². The number of phenolic OH excluding ortho intramolecular Hbond substituents is 1. The first-order valence-corrected chi connectivity index (χ1v) is 7.59. The highest BCUT2D eigenvalue weighted by Gasteiger charge is 2.10. The Morgan fingerprint density at radius 2 is 1.96 bits per heavy atom. The topological polar surface area (TPSA) is 85.2 Å². The van der Waals surface area contributed by atoms with Gasteiger partial charge in [0.1, 0.15) is 17.4 Å². The molecule has 0 radical (unpaired) electrons. The molecule has 7 heteroatoms. The van der Waals surface area contributed by atoms with Crippen LogP contribution in [0.1, 0.15) is 5.56 Å². The van der Waals surface area contributed by atoms with Gasteiger partial charge in [0.05, 0.1) is 10.0 Å². The largest absolute Gasteiger partial charge is 0.508 e. The van der Waals surface area contributed by atoms with E-state index in [1.54, 1.807) is 31.2 Å². The molecule has 5 nitrogen and oxygen atoms in total. The minimum absolute atomic E-state index is 0.117. The molecule has 1 amide bonds. The molecular weight excluding hydrogens is 349 g/mol. The van der Waals surface area contributed by atoms with Crippen LogP contribution >= 0.6 is 23.2 Å². The average Bonchev–Trinajstić information content (AvgIpc) is 2.53. The Balaban J connectivity index is 2.13. The third-order valence-electron chi connectivity index (χ3n) is 3.12. The number of anilines is 2. The lowest BCUT2D eigenvalue weighted by atomic mass is 10.2. The fraction of sp³-hybridized carbons (Fsp3) is 0.0588. The van der Waals surface area contributed by atoms with E-state index in [9.17, 15) is 9.90 Å². The lowest BCUT2D eigenvalue weighted by Gasteiger charge is -2.08. The molecule has 24 heavy (non-hydrogen) atoms. The Morgan fingerprint density at radius 3 is 2.58 bits per heavy atom. The molecule has 122 valence electrons. The maximum Gasteiger partial charge on any atom is 0.267 e. The first-order chi connectivity index (χ1) is 11.4. The Hall–Kier alpha value is -2.68. The van der Waals surface area contributed by atoms with Gasteiger partial charge in [0, 0.05) is 17.6 Å². The highest BCUT2D eigenvalue weighted by molar-refractivity contribution is 6.42. The van der Waals surface area contributed by atoms with Crippen molar-refractivity contribution in [3.05, 3.63) is 63.8 Å². The molecule has 0 aliphatic heterocycles. The van der Waals surface area contributed by atoms with Crippen LogP contribution in [0.2, 0.25) is 10.0 Å². The van der Waals surface area contributed by atoms with Crippen LogP contribution in [0.5, 0.6) is 5.75 Å². The molecule has 0 atom stereocenters. The van der Waals surface area contributed by atoms with E-state index in [0.29, 0.717) is 21.4 Å². The van der Waals surface area contributed by atoms with Crippen molar-refractivity contribution in [3.63, 3.8) is 0 Å². The maximum absolute atomic E-state index is 12.1. The van der Waals surface area contributed by atoms with Gasteiger partial charge in [-0.1, -0.05) is 23.2 Å². The number of nitriles is 1. The number of carbonyl (C=O) groups is 1. The van der Waals surface area contributed by atoms with Gasteiger partial charge in [-0.2, -0.15) is 5.26 Å². The summed E-state index contributed by atoms with van der Waals surface area (Å²) in [5.74, 6) is -0.445. The second-order valence-corrected chi connectivity index (χ2v) is 5.71. The number of hydrogen-bond donors (Lipinski definition) is 3. The van der Waals surface area contributed by atoms with Gasteiger partial charge in [-0.25, -0.2) is 0 Å². The number of phenols is 1. The highest BCUT2D eigenvalue weighted by Crippen LogP contribution is 2.25. The van der Waals surface area contributed by atoms with Crippen LogP contribution in [0.3, 0.4) is 0 Å². The molecule has 2 rings (SSSR count). The predicted octanol–water partition coefficient (Wildman–Crippen LogP) is 4.47. The van der Waals surface area contributed by atoms with Crippen molar-refractivity contribution in [2.75, 3.05) is 10.6 Å². The van der Waals surface area contributed by atoms with Gasteiger partial charge in [0.15, 0.2) is 0 Å². The molecule has 0 spiro atoms. The molecule has 0 aromatic heterocycles. The van der Waals surface area contributed by atoms with Gasteiger partial charge in [0.25, 0.3) is 5.91 Å². The standard InChI is InChI=1S/C17H13Cl2N3O2/c1-10-6-13(23)3-5-16(10)21-9-11(8-20)17(24)22-12-2-4-14(18)15(19)7-12/h2-7,9,21,23H,1H3,(H,22,24)/b11-9-. The van der Waals surface area contributed by atoms with Crippen LogP contribution in [0.15, 0.2) is 48.2 Å². The molecule has 0 heterocycles. The summed E-state index contributed by atoms with van der Waals surface area (Å²) in [6.07, 6.45) is 1.30. The number of nitrogens with zero attached hydrogens (tertiary/aromatic N) is 1. The summed E-state index contributed by atoms with van der Waals surface area (Å²) in [5.41, 5.74) is 1.75. The van der Waals surface area contributed by atoms with E-state index in [4.69, 9.17) is 28.5 Å². The van der Waals surface area contributed by atoms with Crippen LogP contribution in [0, 0.1) is 18.3 Å². The minimum atomic E-state index is -0.583. The van der Waals surface area contributed by atoms with E-state index in [1.165, 1.54) is 18.3 Å². The molecule has 0 bridgehead atoms. The fourth-order valence-electron chi connectivity index (χ4n) is 1.88. The zero-order valence-corrected chi connectivity index (χ0v) is 14.1. The lowest BCUT2D eigenvalue weighted by molar-refractivity contribution is -0.112. The summed E-state index contributed by atoms with van der Waals surface area (Å²) in [7, 11) is 0. The number of hydrogen-bond acceptors (Lipinski definition) is 4. The monoisotopic (exact) mass is 361 g/mol. The number of carbonyl (C=O) groups excluding carboxylic acids is 1. The zero-order valence-electron chi connectivity index (χ0n) is 12.6. The average molecular weight is 362 g/mol. The van der Waals surface area contributed by atoms with Crippen molar-refractivity contribution in [1.82, 2.24) is 0 Å². The highest BCUT2D eigenvalue weighted by atomic mass is 35.5. The quantitative estimate of drug-likeness (QED) is 0.426. The normalized spacial score (nSPS) is 10.8. The smallest absolute Gasteiger partial charge is 0.267 e. The van der Waals surface area contributed by atoms with E-state index in [0.717, 1.165) is 5.56 Å². The number of aromatic hydroxyl groups is 1. The fourth-order valence-corrected chi connectivity index (χ4v) is 2.18. The number of aryl methyl sites for hydroxylation is 1. The number of rotatable bonds is 4. The zero-order chi connectivity index (χ0) is 17.7. The lowest BCUT2D eigenvalue weighted by Crippen LogP contribution is -2.14. The van der Waals surface area contributed by atoms with Crippen molar-refractivity contribution < 1.29 is 9.90 Å². The summed E-state index contributed by atoms with van der Waals surface area (Å²) in [6.45, 7) is 1.79. The van der Waals surface area contributed by atoms with Crippen molar-refractivity contribution >= 4 is 40.5 Å². The third-order valence-corrected chi connectivity index (χ3v) is 3.86. The van der Waals surface area contributed by atoms with Gasteiger partial charge >= 0.3 is 0 Å². The van der Waals surface area contributed by atoms with E-state index >= 15 is 0 Å². The van der Waals surface area contributed by atoms with E-state index in [-0.39, 0.29) is 11.3 Å². The van der Waals surface area contributed by atoms with E-state index < -0.39 is 5.91 Å². The summed E-state index contributed by atoms with van der Waals surface area (Å²) in [5, 5.41) is 24.6. The summed E-state index contributed by atoms with van der Waals surface area (Å²) in [4.78, 5) is 12.1. The molecule has 3 N–H and O–H groups in total. The number of nitrogens with one attached hydrogen (secondary N) is 2. The van der Waals surface area contributed by atoms with Gasteiger partial charge in [0.2, 0.25) is 0 Å². The van der Waals surface area contributed by atoms with Gasteiger partial charge < -0.3 is 15.7 Å². The Morgan fingerprint density at radius 1 is 1.21 bits per heavy atom. The van der Waals surface area contributed by atoms with Crippen LogP contribution in [0.25, 0.3) is 0 Å². The number of amides is 1. The van der Waals surface area contributed by atoms with Gasteiger partial charge in [-0.15, -0.1) is 0 Å². The predicted molar refractivity (Wildman–Crippen MR) is 95.3 cm³/mol. The molecular formula is C17H13Cl2N3O2. The molecule has 0 aliphatic rings. The van der Waals surface area contributed by atoms with E-state index in [2.05, 4.69) is 10.6 Å². The summed E-state index contributed by atoms with van der Waals surface area (Å²) >= 11 is 11.7. The van der Waals surface area contributed by atoms with Crippen LogP contribution in [0.4, 0.5) is 11.4 Å². The Bertz CT molecular complexity index is 857. The van der Waals surface area contributed by atoms with Crippen molar-refractivity contribution in [2.24, 2.45) is 0 Å². The van der Waals surface area contributed by atoms with Crippen LogP contribution in [-0.2, 0) is 4.79 Å². The molecule has 2 aromatic rings. The molecule has 0 unspecified atom stereocenters. The number of benzene rings is 2. The van der Waals surface area contributed by atoms with Gasteiger partial charge in [-0.05, 0) is 48.9 Å². The van der Waals surface area contributed by atoms with Crippen molar-refractivity contribution in [3.8, 4) is 11.8 Å². The first-order valence-electron chi connectivity index (χ1n) is 6.83. The SMILES string of the molecule is Cc1cc(O)ccc1N/C=C(/C#N)C(=O)Nc1ccc(Cl)c(Cl)c1. The Kier molecular flexibility index (Phi) is 5.69. The van der Waals surface area contributed by atoms with Crippen molar-refractivity contribution in [1.29, 1.82) is 5.26 Å². The molecule has 2 aromatic carbocycles. The second kappa shape index (κ2) is 7.73. The molecule has 0 aliphatic carbocycles. The second-order valence-electron chi connectivity index (χ2n) is 4.90. The summed E-state index contributed by atoms with van der Waals surface area (Å²) < 4.78 is 0. The summed E-state index contributed by atoms with van der Waals surface area (Å²) in [6, 6.07) is 11.2. The first kappa shape index (κ1) is 17.7. The molecule has 0 fully saturated rings. The minimum Gasteiger partial charge on any atom is -0.508 e.